The quantitative estimate of drug-likeness (QED) is 0.630. The normalized spacial score (nSPS) is 18.2. The van der Waals surface area contributed by atoms with E-state index in [1.165, 1.54) is 4.90 Å². The van der Waals surface area contributed by atoms with Gasteiger partial charge in [0.1, 0.15) is 17.5 Å². The third kappa shape index (κ3) is 3.21. The van der Waals surface area contributed by atoms with Gasteiger partial charge in [0.15, 0.2) is 0 Å². The van der Waals surface area contributed by atoms with Gasteiger partial charge in [-0.2, -0.15) is 0 Å². The van der Waals surface area contributed by atoms with Crippen molar-refractivity contribution in [1.82, 2.24) is 30.2 Å². The van der Waals surface area contributed by atoms with Crippen LogP contribution < -0.4 is 10.1 Å². The van der Waals surface area contributed by atoms with Crippen LogP contribution in [-0.2, 0) is 16.1 Å². The van der Waals surface area contributed by atoms with E-state index < -0.39 is 11.9 Å². The first kappa shape index (κ1) is 18.9. The average Bonchev–Trinajstić information content (AvgIpc) is 3.39. The second-order valence-electron chi connectivity index (χ2n) is 7.37. The summed E-state index contributed by atoms with van der Waals surface area (Å²) in [5.41, 5.74) is 3.40. The van der Waals surface area contributed by atoms with Gasteiger partial charge in [-0.15, -0.1) is 5.10 Å². The lowest BCUT2D eigenvalue weighted by Crippen LogP contribution is -2.52. The Hall–Kier alpha value is -4.08. The topological polar surface area (TPSA) is 119 Å². The minimum absolute atomic E-state index is 0.213. The Morgan fingerprint density at radius 3 is 2.84 bits per heavy atom. The largest absolute Gasteiger partial charge is 0.496 e. The lowest BCUT2D eigenvalue weighted by atomic mass is 10.0. The zero-order chi connectivity index (χ0) is 21.5. The monoisotopic (exact) mass is 418 g/mol. The Bertz CT molecular complexity index is 1220. The molecule has 2 aliphatic rings. The minimum atomic E-state index is -0.642. The summed E-state index contributed by atoms with van der Waals surface area (Å²) in [4.78, 5) is 42.1. The predicted octanol–water partition coefficient (Wildman–Crippen LogP) is 1.10. The number of hydrogen-bond acceptors (Lipinski definition) is 7. The summed E-state index contributed by atoms with van der Waals surface area (Å²) in [5, 5.41) is 10.7. The number of pyridine rings is 1. The summed E-state index contributed by atoms with van der Waals surface area (Å²) in [6.45, 7) is 0.298. The van der Waals surface area contributed by atoms with Gasteiger partial charge in [0.2, 0.25) is 11.8 Å². The second-order valence-corrected chi connectivity index (χ2v) is 7.37. The summed E-state index contributed by atoms with van der Waals surface area (Å²) in [6, 6.07) is 6.47. The maximum atomic E-state index is 12.8. The van der Waals surface area contributed by atoms with E-state index in [2.05, 4.69) is 20.6 Å². The zero-order valence-electron chi connectivity index (χ0n) is 16.6. The standard InChI is InChI=1S/C21H18N6O4/c1-31-18-6-7-22-9-15(18)16-11-27(25-24-16)13-2-3-14-12(8-13)10-26(21(14)30)17-4-5-19(28)23-20(17)29/h2-3,6-9,11,17H,4-5,10H2,1H3,(H,23,28,29). The maximum absolute atomic E-state index is 12.8. The van der Waals surface area contributed by atoms with E-state index in [0.717, 1.165) is 16.8 Å². The predicted molar refractivity (Wildman–Crippen MR) is 107 cm³/mol. The maximum Gasteiger partial charge on any atom is 0.255 e. The number of methoxy groups -OCH3 is 1. The van der Waals surface area contributed by atoms with Gasteiger partial charge in [0, 0.05) is 30.9 Å². The number of nitrogens with one attached hydrogen (secondary N) is 1. The fourth-order valence-corrected chi connectivity index (χ4v) is 3.97. The Kier molecular flexibility index (Phi) is 4.46. The molecule has 1 saturated heterocycles. The van der Waals surface area contributed by atoms with Crippen molar-refractivity contribution in [2.45, 2.75) is 25.4 Å². The molecule has 4 heterocycles. The first-order valence-corrected chi connectivity index (χ1v) is 9.74. The summed E-state index contributed by atoms with van der Waals surface area (Å²) in [5.74, 6) is -0.305. The molecule has 3 amide bonds. The summed E-state index contributed by atoms with van der Waals surface area (Å²) in [7, 11) is 1.58. The third-order valence-corrected chi connectivity index (χ3v) is 5.54. The molecule has 1 unspecified atom stereocenters. The van der Waals surface area contributed by atoms with Gasteiger partial charge in [-0.05, 0) is 36.2 Å². The number of imide groups is 1. The Balaban J connectivity index is 1.42. The van der Waals surface area contributed by atoms with E-state index in [0.29, 0.717) is 30.0 Å². The molecule has 0 radical (unpaired) electrons. The molecule has 0 aliphatic carbocycles. The van der Waals surface area contributed by atoms with Crippen LogP contribution in [0.3, 0.4) is 0 Å². The lowest BCUT2D eigenvalue weighted by molar-refractivity contribution is -0.136. The van der Waals surface area contributed by atoms with Crippen molar-refractivity contribution in [3.63, 3.8) is 0 Å². The average molecular weight is 418 g/mol. The molecule has 1 N–H and O–H groups in total. The minimum Gasteiger partial charge on any atom is -0.496 e. The molecule has 0 bridgehead atoms. The lowest BCUT2D eigenvalue weighted by Gasteiger charge is -2.29. The molecule has 1 atom stereocenters. The Morgan fingerprint density at radius 2 is 2.03 bits per heavy atom. The van der Waals surface area contributed by atoms with Crippen molar-refractivity contribution in [1.29, 1.82) is 0 Å². The molecule has 0 saturated carbocycles. The third-order valence-electron chi connectivity index (χ3n) is 5.54. The van der Waals surface area contributed by atoms with Gasteiger partial charge < -0.3 is 9.64 Å². The molecule has 31 heavy (non-hydrogen) atoms. The molecule has 10 heteroatoms. The van der Waals surface area contributed by atoms with Crippen molar-refractivity contribution in [2.75, 3.05) is 7.11 Å². The number of nitrogens with zero attached hydrogens (tertiary/aromatic N) is 5. The molecule has 1 aromatic carbocycles. The van der Waals surface area contributed by atoms with Crippen LogP contribution in [0.15, 0.2) is 42.9 Å². The van der Waals surface area contributed by atoms with Crippen molar-refractivity contribution in [2.24, 2.45) is 0 Å². The molecule has 5 rings (SSSR count). The highest BCUT2D eigenvalue weighted by Gasteiger charge is 2.39. The molecular weight excluding hydrogens is 400 g/mol. The Morgan fingerprint density at radius 1 is 1.16 bits per heavy atom. The van der Waals surface area contributed by atoms with Crippen LogP contribution in [0, 0.1) is 0 Å². The van der Waals surface area contributed by atoms with E-state index >= 15 is 0 Å². The molecule has 3 aromatic rings. The van der Waals surface area contributed by atoms with Crippen LogP contribution in [0.2, 0.25) is 0 Å². The van der Waals surface area contributed by atoms with Crippen LogP contribution in [0.25, 0.3) is 16.9 Å². The smallest absolute Gasteiger partial charge is 0.255 e. The summed E-state index contributed by atoms with van der Waals surface area (Å²) in [6.07, 6.45) is 5.61. The first-order valence-electron chi connectivity index (χ1n) is 9.74. The number of carbonyl (C=O) groups is 3. The van der Waals surface area contributed by atoms with Gasteiger partial charge in [0.05, 0.1) is 24.6 Å². The van der Waals surface area contributed by atoms with E-state index in [1.54, 1.807) is 48.6 Å². The number of benzene rings is 1. The Labute approximate surface area is 176 Å². The summed E-state index contributed by atoms with van der Waals surface area (Å²) >= 11 is 0. The number of aromatic nitrogens is 4. The highest BCUT2D eigenvalue weighted by Crippen LogP contribution is 2.30. The zero-order valence-corrected chi connectivity index (χ0v) is 16.6. The number of rotatable bonds is 4. The number of fused-ring (bicyclic) bond motifs is 1. The van der Waals surface area contributed by atoms with Gasteiger partial charge in [-0.25, -0.2) is 4.68 Å². The van der Waals surface area contributed by atoms with Crippen LogP contribution >= 0.6 is 0 Å². The molecule has 0 spiro atoms. The van der Waals surface area contributed by atoms with Crippen LogP contribution in [0.5, 0.6) is 5.75 Å². The van der Waals surface area contributed by atoms with Crippen LogP contribution in [-0.4, -0.2) is 55.8 Å². The number of ether oxygens (including phenoxy) is 1. The van der Waals surface area contributed by atoms with E-state index in [4.69, 9.17) is 4.74 Å². The number of hydrogen-bond donors (Lipinski definition) is 1. The molecule has 2 aromatic heterocycles. The van der Waals surface area contributed by atoms with Gasteiger partial charge in [-0.3, -0.25) is 24.7 Å². The SMILES string of the molecule is COc1ccncc1-c1cn(-c2ccc3c(c2)CN(C2CCC(=O)NC2=O)C3=O)nn1. The van der Waals surface area contributed by atoms with Gasteiger partial charge >= 0.3 is 0 Å². The second kappa shape index (κ2) is 7.31. The number of carbonyl (C=O) groups excluding carboxylic acids is 3. The van der Waals surface area contributed by atoms with E-state index in [9.17, 15) is 14.4 Å². The molecule has 10 nitrogen and oxygen atoms in total. The highest BCUT2D eigenvalue weighted by molar-refractivity contribution is 6.05. The van der Waals surface area contributed by atoms with E-state index in [1.807, 2.05) is 6.07 Å². The highest BCUT2D eigenvalue weighted by atomic mass is 16.5. The van der Waals surface area contributed by atoms with Crippen molar-refractivity contribution in [3.8, 4) is 22.7 Å². The molecule has 2 aliphatic heterocycles. The van der Waals surface area contributed by atoms with Crippen molar-refractivity contribution >= 4 is 17.7 Å². The van der Waals surface area contributed by atoms with Crippen LogP contribution in [0.4, 0.5) is 0 Å². The molecular formula is C21H18N6O4. The molecule has 1 fully saturated rings. The number of piperidine rings is 1. The first-order chi connectivity index (χ1) is 15.0. The van der Waals surface area contributed by atoms with Gasteiger partial charge in [0.25, 0.3) is 5.91 Å². The number of amides is 3. The van der Waals surface area contributed by atoms with Crippen LogP contribution in [0.1, 0.15) is 28.8 Å². The van der Waals surface area contributed by atoms with Crippen molar-refractivity contribution in [3.05, 3.63) is 54.0 Å². The fourth-order valence-electron chi connectivity index (χ4n) is 3.97. The van der Waals surface area contributed by atoms with E-state index in [-0.39, 0.29) is 18.2 Å². The van der Waals surface area contributed by atoms with Crippen molar-refractivity contribution < 1.29 is 19.1 Å². The molecule has 156 valence electrons. The fraction of sp³-hybridized carbons (Fsp3) is 0.238. The van der Waals surface area contributed by atoms with Gasteiger partial charge in [-0.1, -0.05) is 5.21 Å². The summed E-state index contributed by atoms with van der Waals surface area (Å²) < 4.78 is 6.97.